The normalized spacial score (nSPS) is 11.4. The van der Waals surface area contributed by atoms with Crippen LogP contribution in [0.1, 0.15) is 32.2 Å². The highest BCUT2D eigenvalue weighted by molar-refractivity contribution is 5.81. The maximum absolute atomic E-state index is 12.2. The van der Waals surface area contributed by atoms with Gasteiger partial charge in [-0.1, -0.05) is 57.2 Å². The van der Waals surface area contributed by atoms with E-state index in [0.717, 1.165) is 34.6 Å². The standard InChI is InChI=1S/C25H31N3O2/c1-5-10-19-11-6-9-14-22(19)30-18-17-28-21-13-8-7-12-20(21)27-23(28)15-16-26-24(29)25(2,3)4/h5-9,11-14H,1,10,15-18H2,2-4H3,(H,26,29). The number of rotatable bonds is 9. The minimum absolute atomic E-state index is 0.0484. The van der Waals surface area contributed by atoms with Gasteiger partial charge in [-0.25, -0.2) is 4.98 Å². The molecule has 0 saturated carbocycles. The number of ether oxygens (including phenoxy) is 1. The number of amides is 1. The van der Waals surface area contributed by atoms with Gasteiger partial charge in [0, 0.05) is 18.4 Å². The Hall–Kier alpha value is -3.08. The summed E-state index contributed by atoms with van der Waals surface area (Å²) in [5, 5.41) is 3.01. The first kappa shape index (κ1) is 21.6. The molecule has 5 heteroatoms. The lowest BCUT2D eigenvalue weighted by Crippen LogP contribution is -2.36. The largest absolute Gasteiger partial charge is 0.491 e. The van der Waals surface area contributed by atoms with Crippen LogP contribution in [0.2, 0.25) is 0 Å². The highest BCUT2D eigenvalue weighted by atomic mass is 16.5. The Balaban J connectivity index is 1.70. The molecular weight excluding hydrogens is 374 g/mol. The summed E-state index contributed by atoms with van der Waals surface area (Å²) in [4.78, 5) is 16.9. The second-order valence-electron chi connectivity index (χ2n) is 8.37. The van der Waals surface area contributed by atoms with Crippen molar-refractivity contribution in [2.24, 2.45) is 5.41 Å². The third kappa shape index (κ3) is 5.29. The van der Waals surface area contributed by atoms with E-state index in [2.05, 4.69) is 28.6 Å². The summed E-state index contributed by atoms with van der Waals surface area (Å²) in [7, 11) is 0. The molecule has 0 aliphatic rings. The molecule has 5 nitrogen and oxygen atoms in total. The molecule has 0 aliphatic heterocycles. The van der Waals surface area contributed by atoms with Crippen molar-refractivity contribution >= 4 is 16.9 Å². The first-order valence-electron chi connectivity index (χ1n) is 10.4. The topological polar surface area (TPSA) is 56.1 Å². The Bertz CT molecular complexity index is 1010. The lowest BCUT2D eigenvalue weighted by Gasteiger charge is -2.17. The minimum Gasteiger partial charge on any atom is -0.491 e. The number of benzene rings is 2. The van der Waals surface area contributed by atoms with E-state index in [4.69, 9.17) is 9.72 Å². The van der Waals surface area contributed by atoms with Gasteiger partial charge >= 0.3 is 0 Å². The predicted molar refractivity (Wildman–Crippen MR) is 122 cm³/mol. The molecule has 0 spiro atoms. The summed E-state index contributed by atoms with van der Waals surface area (Å²) in [6.45, 7) is 11.4. The second-order valence-corrected chi connectivity index (χ2v) is 8.37. The molecule has 0 atom stereocenters. The SMILES string of the molecule is C=CCc1ccccc1OCCn1c(CCNC(=O)C(C)(C)C)nc2ccccc21. The van der Waals surface area contributed by atoms with Gasteiger partial charge in [-0.3, -0.25) is 4.79 Å². The fourth-order valence-electron chi connectivity index (χ4n) is 3.33. The van der Waals surface area contributed by atoms with Crippen LogP contribution in [0.4, 0.5) is 0 Å². The molecule has 0 fully saturated rings. The molecular formula is C25H31N3O2. The quantitative estimate of drug-likeness (QED) is 0.532. The van der Waals surface area contributed by atoms with Gasteiger partial charge in [-0.15, -0.1) is 6.58 Å². The van der Waals surface area contributed by atoms with Crippen LogP contribution < -0.4 is 10.1 Å². The number of carbonyl (C=O) groups is 1. The Morgan fingerprint density at radius 1 is 1.17 bits per heavy atom. The number of hydrogen-bond donors (Lipinski definition) is 1. The van der Waals surface area contributed by atoms with E-state index in [1.54, 1.807) is 0 Å². The van der Waals surface area contributed by atoms with Crippen LogP contribution in [0.3, 0.4) is 0 Å². The molecule has 2 aromatic carbocycles. The van der Waals surface area contributed by atoms with Crippen LogP contribution in [0.25, 0.3) is 11.0 Å². The van der Waals surface area contributed by atoms with Crippen LogP contribution in [0.15, 0.2) is 61.2 Å². The number of carbonyl (C=O) groups excluding carboxylic acids is 1. The zero-order valence-corrected chi connectivity index (χ0v) is 18.1. The number of hydrogen-bond acceptors (Lipinski definition) is 3. The predicted octanol–water partition coefficient (Wildman–Crippen LogP) is 4.55. The molecule has 1 amide bonds. The number of nitrogens with one attached hydrogen (secondary N) is 1. The van der Waals surface area contributed by atoms with Crippen LogP contribution in [-0.4, -0.2) is 28.6 Å². The lowest BCUT2D eigenvalue weighted by molar-refractivity contribution is -0.128. The van der Waals surface area contributed by atoms with Gasteiger partial charge in [0.15, 0.2) is 0 Å². The highest BCUT2D eigenvalue weighted by Gasteiger charge is 2.20. The van der Waals surface area contributed by atoms with Gasteiger partial charge in [0.25, 0.3) is 0 Å². The minimum atomic E-state index is -0.396. The van der Waals surface area contributed by atoms with Gasteiger partial charge in [0.05, 0.1) is 17.6 Å². The van der Waals surface area contributed by atoms with Crippen molar-refractivity contribution in [2.45, 2.75) is 40.2 Å². The maximum Gasteiger partial charge on any atom is 0.225 e. The number of aromatic nitrogens is 2. The molecule has 0 radical (unpaired) electrons. The van der Waals surface area contributed by atoms with Gasteiger partial charge < -0.3 is 14.6 Å². The summed E-state index contributed by atoms with van der Waals surface area (Å²) >= 11 is 0. The van der Waals surface area contributed by atoms with Gasteiger partial charge in [0.2, 0.25) is 5.91 Å². The monoisotopic (exact) mass is 405 g/mol. The molecule has 0 aliphatic carbocycles. The van der Waals surface area contributed by atoms with Crippen molar-refractivity contribution in [3.8, 4) is 5.75 Å². The van der Waals surface area contributed by atoms with Crippen molar-refractivity contribution in [2.75, 3.05) is 13.2 Å². The van der Waals surface area contributed by atoms with Gasteiger partial charge in [0.1, 0.15) is 18.2 Å². The van der Waals surface area contributed by atoms with E-state index < -0.39 is 5.41 Å². The van der Waals surface area contributed by atoms with E-state index in [0.29, 0.717) is 26.1 Å². The fourth-order valence-corrected chi connectivity index (χ4v) is 3.33. The Labute approximate surface area is 178 Å². The summed E-state index contributed by atoms with van der Waals surface area (Å²) in [5.74, 6) is 1.89. The van der Waals surface area contributed by atoms with Gasteiger partial charge in [-0.05, 0) is 30.2 Å². The summed E-state index contributed by atoms with van der Waals surface area (Å²) in [6.07, 6.45) is 3.34. The summed E-state index contributed by atoms with van der Waals surface area (Å²) in [6, 6.07) is 16.2. The van der Waals surface area contributed by atoms with Crippen LogP contribution >= 0.6 is 0 Å². The second kappa shape index (κ2) is 9.61. The Morgan fingerprint density at radius 3 is 2.67 bits per heavy atom. The summed E-state index contributed by atoms with van der Waals surface area (Å²) in [5.41, 5.74) is 2.78. The smallest absolute Gasteiger partial charge is 0.225 e. The zero-order chi connectivity index (χ0) is 21.6. The van der Waals surface area contributed by atoms with E-state index in [1.165, 1.54) is 0 Å². The van der Waals surface area contributed by atoms with E-state index >= 15 is 0 Å². The molecule has 30 heavy (non-hydrogen) atoms. The molecule has 0 bridgehead atoms. The summed E-state index contributed by atoms with van der Waals surface area (Å²) < 4.78 is 8.28. The highest BCUT2D eigenvalue weighted by Crippen LogP contribution is 2.20. The number of allylic oxidation sites excluding steroid dienone is 1. The number of imidazole rings is 1. The number of nitrogens with zero attached hydrogens (tertiary/aromatic N) is 2. The zero-order valence-electron chi connectivity index (χ0n) is 18.1. The van der Waals surface area contributed by atoms with Crippen LogP contribution in [-0.2, 0) is 24.2 Å². The van der Waals surface area contributed by atoms with E-state index in [1.807, 2.05) is 63.2 Å². The average molecular weight is 406 g/mol. The van der Waals surface area contributed by atoms with Crippen molar-refractivity contribution in [3.05, 3.63) is 72.6 Å². The maximum atomic E-state index is 12.2. The first-order chi connectivity index (χ1) is 14.4. The van der Waals surface area contributed by atoms with Crippen LogP contribution in [0.5, 0.6) is 5.75 Å². The molecule has 158 valence electrons. The first-order valence-corrected chi connectivity index (χ1v) is 10.4. The number of para-hydroxylation sites is 3. The van der Waals surface area contributed by atoms with Gasteiger partial charge in [-0.2, -0.15) is 0 Å². The van der Waals surface area contributed by atoms with E-state index in [9.17, 15) is 4.79 Å². The van der Waals surface area contributed by atoms with Crippen molar-refractivity contribution in [1.29, 1.82) is 0 Å². The molecule has 1 aromatic heterocycles. The van der Waals surface area contributed by atoms with Crippen molar-refractivity contribution in [1.82, 2.24) is 14.9 Å². The average Bonchev–Trinajstić information content (AvgIpc) is 3.06. The molecule has 1 N–H and O–H groups in total. The molecule has 3 rings (SSSR count). The van der Waals surface area contributed by atoms with E-state index in [-0.39, 0.29) is 5.91 Å². The molecule has 0 unspecified atom stereocenters. The third-order valence-electron chi connectivity index (χ3n) is 4.96. The number of fused-ring (bicyclic) bond motifs is 1. The van der Waals surface area contributed by atoms with Crippen molar-refractivity contribution in [3.63, 3.8) is 0 Å². The lowest BCUT2D eigenvalue weighted by atomic mass is 9.96. The van der Waals surface area contributed by atoms with Crippen LogP contribution in [0, 0.1) is 5.41 Å². The fraction of sp³-hybridized carbons (Fsp3) is 0.360. The third-order valence-corrected chi connectivity index (χ3v) is 4.96. The molecule has 3 aromatic rings. The molecule has 0 saturated heterocycles. The molecule has 1 heterocycles. The Kier molecular flexibility index (Phi) is 6.93. The Morgan fingerprint density at radius 2 is 1.90 bits per heavy atom. The van der Waals surface area contributed by atoms with Crippen molar-refractivity contribution < 1.29 is 9.53 Å².